The van der Waals surface area contributed by atoms with Crippen molar-refractivity contribution in [3.8, 4) is 0 Å². The summed E-state index contributed by atoms with van der Waals surface area (Å²) in [4.78, 5) is 0. The molecule has 0 aliphatic heterocycles. The maximum atomic E-state index is 5.95. The van der Waals surface area contributed by atoms with E-state index >= 15 is 0 Å². The molecule has 86 valence electrons. The zero-order chi connectivity index (χ0) is 11.8. The molecule has 3 N–H and O–H groups in total. The highest BCUT2D eigenvalue weighted by molar-refractivity contribution is 7.11. The largest absolute Gasteiger partial charge is 0.369 e. The lowest BCUT2D eigenvalue weighted by molar-refractivity contribution is 0.472. The number of nitrogens with one attached hydrogen (secondary N) is 1. The molecule has 4 heteroatoms. The summed E-state index contributed by atoms with van der Waals surface area (Å²) in [6.07, 6.45) is 0. The lowest BCUT2D eigenvalue weighted by Crippen LogP contribution is -2.47. The van der Waals surface area contributed by atoms with Crippen LogP contribution in [0.1, 0.15) is 20.8 Å². The van der Waals surface area contributed by atoms with Crippen molar-refractivity contribution in [3.05, 3.63) is 24.3 Å². The van der Waals surface area contributed by atoms with Gasteiger partial charge in [-0.1, -0.05) is 12.1 Å². The molecule has 0 saturated heterocycles. The summed E-state index contributed by atoms with van der Waals surface area (Å²) in [7, 11) is 0. The monoisotopic (exact) mass is 235 g/mol. The molecule has 0 radical (unpaired) electrons. The van der Waals surface area contributed by atoms with Gasteiger partial charge >= 0.3 is 0 Å². The number of hydrogen-bond donors (Lipinski definition) is 2. The minimum atomic E-state index is -0.130. The van der Waals surface area contributed by atoms with Crippen LogP contribution < -0.4 is 11.1 Å². The first-order valence-electron chi connectivity index (χ1n) is 5.39. The Balaban J connectivity index is 2.35. The molecule has 3 nitrogen and oxygen atoms in total. The highest BCUT2D eigenvalue weighted by Gasteiger charge is 2.23. The zero-order valence-corrected chi connectivity index (χ0v) is 10.6. The number of fused-ring (bicyclic) bond motifs is 1. The van der Waals surface area contributed by atoms with Crippen molar-refractivity contribution in [2.75, 3.05) is 5.32 Å². The maximum absolute atomic E-state index is 5.95. The molecule has 2 aromatic rings. The fourth-order valence-electron chi connectivity index (χ4n) is 1.39. The quantitative estimate of drug-likeness (QED) is 0.860. The standard InChI is InChI=1S/C12H17N3S/c1-8(13)12(2,3)14-11-9-6-4-5-7-10(9)15-16-11/h4-8,14H,13H2,1-3H3. The number of rotatable bonds is 3. The predicted octanol–water partition coefficient (Wildman–Crippen LogP) is 2.83. The SMILES string of the molecule is CC(N)C(C)(C)Nc1snc2ccccc12. The van der Waals surface area contributed by atoms with Crippen LogP contribution in [-0.2, 0) is 0 Å². The van der Waals surface area contributed by atoms with E-state index in [4.69, 9.17) is 5.73 Å². The molecule has 1 heterocycles. The molecule has 1 aromatic carbocycles. The molecule has 2 rings (SSSR count). The van der Waals surface area contributed by atoms with Gasteiger partial charge < -0.3 is 11.1 Å². The lowest BCUT2D eigenvalue weighted by atomic mass is 9.97. The van der Waals surface area contributed by atoms with Gasteiger partial charge in [0.05, 0.1) is 5.52 Å². The van der Waals surface area contributed by atoms with Gasteiger partial charge in [0.2, 0.25) is 0 Å². The fraction of sp³-hybridized carbons (Fsp3) is 0.417. The average Bonchev–Trinajstić information content (AvgIpc) is 2.61. The van der Waals surface area contributed by atoms with Crippen LogP contribution in [0.2, 0.25) is 0 Å². The van der Waals surface area contributed by atoms with Gasteiger partial charge in [-0.25, -0.2) is 0 Å². The summed E-state index contributed by atoms with van der Waals surface area (Å²) >= 11 is 1.49. The van der Waals surface area contributed by atoms with E-state index in [9.17, 15) is 0 Å². The topological polar surface area (TPSA) is 50.9 Å². The number of aromatic nitrogens is 1. The minimum Gasteiger partial charge on any atom is -0.369 e. The Morgan fingerprint density at radius 3 is 2.75 bits per heavy atom. The smallest absolute Gasteiger partial charge is 0.117 e. The molecule has 0 bridgehead atoms. The van der Waals surface area contributed by atoms with Crippen LogP contribution in [-0.4, -0.2) is 16.0 Å². The second-order valence-electron chi connectivity index (χ2n) is 4.66. The summed E-state index contributed by atoms with van der Waals surface area (Å²) < 4.78 is 4.40. The summed E-state index contributed by atoms with van der Waals surface area (Å²) in [5, 5.41) is 5.73. The van der Waals surface area contributed by atoms with Crippen molar-refractivity contribution in [1.29, 1.82) is 0 Å². The summed E-state index contributed by atoms with van der Waals surface area (Å²) in [5.41, 5.74) is 6.86. The Hall–Kier alpha value is -1.13. The molecule has 0 amide bonds. The van der Waals surface area contributed by atoms with Crippen LogP contribution >= 0.6 is 11.5 Å². The molecule has 1 aromatic heterocycles. The van der Waals surface area contributed by atoms with Crippen LogP contribution in [0.4, 0.5) is 5.00 Å². The molecule has 0 fully saturated rings. The third-order valence-electron chi connectivity index (χ3n) is 2.96. The Labute approximate surface area is 99.8 Å². The summed E-state index contributed by atoms with van der Waals surface area (Å²) in [6.45, 7) is 6.22. The van der Waals surface area contributed by atoms with E-state index in [2.05, 4.69) is 29.6 Å². The van der Waals surface area contributed by atoms with Crippen LogP contribution in [0.25, 0.3) is 10.9 Å². The van der Waals surface area contributed by atoms with Crippen molar-refractivity contribution < 1.29 is 0 Å². The van der Waals surface area contributed by atoms with E-state index in [0.717, 1.165) is 10.5 Å². The summed E-state index contributed by atoms with van der Waals surface area (Å²) in [5.74, 6) is 0. The molecular weight excluding hydrogens is 218 g/mol. The molecule has 0 aliphatic rings. The van der Waals surface area contributed by atoms with Crippen molar-refractivity contribution in [3.63, 3.8) is 0 Å². The Bertz CT molecular complexity index is 488. The Morgan fingerprint density at radius 2 is 2.06 bits per heavy atom. The van der Waals surface area contributed by atoms with Gasteiger partial charge in [-0.2, -0.15) is 4.37 Å². The maximum Gasteiger partial charge on any atom is 0.117 e. The molecule has 0 saturated carbocycles. The van der Waals surface area contributed by atoms with Crippen LogP contribution in [0.3, 0.4) is 0 Å². The van der Waals surface area contributed by atoms with Gasteiger partial charge in [0.15, 0.2) is 0 Å². The number of nitrogens with zero attached hydrogens (tertiary/aromatic N) is 1. The second-order valence-corrected chi connectivity index (χ2v) is 5.44. The third kappa shape index (κ3) is 2.03. The van der Waals surface area contributed by atoms with E-state index in [1.165, 1.54) is 16.9 Å². The van der Waals surface area contributed by atoms with Crippen LogP contribution in [0.15, 0.2) is 24.3 Å². The van der Waals surface area contributed by atoms with Crippen LogP contribution in [0.5, 0.6) is 0 Å². The van der Waals surface area contributed by atoms with E-state index in [1.807, 2.05) is 25.1 Å². The van der Waals surface area contributed by atoms with Crippen molar-refractivity contribution in [2.45, 2.75) is 32.4 Å². The van der Waals surface area contributed by atoms with Gasteiger partial charge in [-0.3, -0.25) is 0 Å². The average molecular weight is 235 g/mol. The van der Waals surface area contributed by atoms with Gasteiger partial charge in [0.1, 0.15) is 5.00 Å². The molecular formula is C12H17N3S. The van der Waals surface area contributed by atoms with E-state index < -0.39 is 0 Å². The minimum absolute atomic E-state index is 0.0772. The van der Waals surface area contributed by atoms with Gasteiger partial charge in [-0.15, -0.1) is 0 Å². The fourth-order valence-corrected chi connectivity index (χ4v) is 2.31. The lowest BCUT2D eigenvalue weighted by Gasteiger charge is -2.30. The Kier molecular flexibility index (Phi) is 2.86. The van der Waals surface area contributed by atoms with Crippen molar-refractivity contribution in [2.24, 2.45) is 5.73 Å². The van der Waals surface area contributed by atoms with Gasteiger partial charge in [0.25, 0.3) is 0 Å². The number of anilines is 1. The van der Waals surface area contributed by atoms with E-state index in [0.29, 0.717) is 0 Å². The van der Waals surface area contributed by atoms with E-state index in [1.54, 1.807) is 0 Å². The van der Waals surface area contributed by atoms with Gasteiger partial charge in [0, 0.05) is 17.0 Å². The second kappa shape index (κ2) is 4.03. The van der Waals surface area contributed by atoms with Crippen molar-refractivity contribution >= 4 is 27.4 Å². The first kappa shape index (κ1) is 11.4. The number of benzene rings is 1. The highest BCUT2D eigenvalue weighted by Crippen LogP contribution is 2.30. The number of nitrogens with two attached hydrogens (primary N) is 1. The molecule has 0 spiro atoms. The molecule has 1 atom stereocenters. The highest BCUT2D eigenvalue weighted by atomic mass is 32.1. The predicted molar refractivity (Wildman–Crippen MR) is 71.0 cm³/mol. The third-order valence-corrected chi connectivity index (χ3v) is 3.75. The van der Waals surface area contributed by atoms with Gasteiger partial charge in [-0.05, 0) is 44.4 Å². The Morgan fingerprint density at radius 1 is 1.38 bits per heavy atom. The first-order chi connectivity index (χ1) is 7.50. The first-order valence-corrected chi connectivity index (χ1v) is 6.16. The van der Waals surface area contributed by atoms with Crippen LogP contribution in [0, 0.1) is 0 Å². The normalized spacial score (nSPS) is 14.0. The molecule has 16 heavy (non-hydrogen) atoms. The summed E-state index contributed by atoms with van der Waals surface area (Å²) in [6, 6.07) is 8.21. The molecule has 0 aliphatic carbocycles. The van der Waals surface area contributed by atoms with Crippen molar-refractivity contribution in [1.82, 2.24) is 4.37 Å². The zero-order valence-electron chi connectivity index (χ0n) is 9.82. The molecule has 1 unspecified atom stereocenters. The number of hydrogen-bond acceptors (Lipinski definition) is 4. The van der Waals surface area contributed by atoms with E-state index in [-0.39, 0.29) is 11.6 Å².